The SMILES string of the molecule is CC(C)(CCC(O)CCC(O)CCC(C)(C)Cc1cc(=O)[nH]o1)Cc1cc(=O)[nH]o1. The standard InChI is InChI=1S/C22H36N2O6/c1-21(2,13-17-11-19(27)23-29-17)9-7-15(25)5-6-16(26)8-10-22(3,4)14-18-12-20(28)24-30-18/h11-12,15-16,25-26H,5-10,13-14H2,1-4H3,(H,23,27)(H,24,28). The Morgan fingerprint density at radius 1 is 0.767 bits per heavy atom. The van der Waals surface area contributed by atoms with Gasteiger partial charge in [-0.3, -0.25) is 9.59 Å². The highest BCUT2D eigenvalue weighted by molar-refractivity contribution is 4.98. The van der Waals surface area contributed by atoms with E-state index in [2.05, 4.69) is 38.0 Å². The first-order chi connectivity index (χ1) is 13.9. The molecule has 30 heavy (non-hydrogen) atoms. The van der Waals surface area contributed by atoms with Gasteiger partial charge < -0.3 is 19.3 Å². The van der Waals surface area contributed by atoms with Gasteiger partial charge in [-0.2, -0.15) is 10.3 Å². The fraction of sp³-hybridized carbons (Fsp3) is 0.727. The second-order valence-electron chi connectivity index (χ2n) is 10.0. The molecule has 0 saturated carbocycles. The van der Waals surface area contributed by atoms with E-state index in [1.54, 1.807) is 0 Å². The number of aliphatic hydroxyl groups is 2. The summed E-state index contributed by atoms with van der Waals surface area (Å²) >= 11 is 0. The van der Waals surface area contributed by atoms with Gasteiger partial charge in [0.15, 0.2) is 0 Å². The van der Waals surface area contributed by atoms with E-state index in [9.17, 15) is 19.8 Å². The maximum absolute atomic E-state index is 11.2. The van der Waals surface area contributed by atoms with E-state index < -0.39 is 12.2 Å². The van der Waals surface area contributed by atoms with Crippen molar-refractivity contribution in [2.24, 2.45) is 10.8 Å². The third-order valence-electron chi connectivity index (χ3n) is 5.60. The Balaban J connectivity index is 1.66. The van der Waals surface area contributed by atoms with Crippen LogP contribution in [0.3, 0.4) is 0 Å². The number of H-pyrrole nitrogens is 2. The number of aromatic nitrogens is 2. The summed E-state index contributed by atoms with van der Waals surface area (Å²) in [7, 11) is 0. The van der Waals surface area contributed by atoms with E-state index >= 15 is 0 Å². The predicted octanol–water partition coefficient (Wildman–Crippen LogP) is 3.15. The van der Waals surface area contributed by atoms with Crippen molar-refractivity contribution < 1.29 is 19.3 Å². The molecule has 2 aromatic heterocycles. The van der Waals surface area contributed by atoms with E-state index in [0.29, 0.717) is 50.0 Å². The number of rotatable bonds is 13. The van der Waals surface area contributed by atoms with Gasteiger partial charge in [0.2, 0.25) is 0 Å². The fourth-order valence-electron chi connectivity index (χ4n) is 3.72. The molecule has 0 amide bonds. The maximum atomic E-state index is 11.2. The number of hydrogen-bond donors (Lipinski definition) is 4. The zero-order chi connectivity index (χ0) is 22.4. The van der Waals surface area contributed by atoms with Crippen molar-refractivity contribution in [3.63, 3.8) is 0 Å². The van der Waals surface area contributed by atoms with Gasteiger partial charge in [0.25, 0.3) is 11.1 Å². The Morgan fingerprint density at radius 2 is 1.13 bits per heavy atom. The molecule has 0 aliphatic heterocycles. The molecule has 2 heterocycles. The van der Waals surface area contributed by atoms with Crippen molar-refractivity contribution in [3.05, 3.63) is 44.4 Å². The zero-order valence-corrected chi connectivity index (χ0v) is 18.5. The Bertz CT molecular complexity index is 800. The van der Waals surface area contributed by atoms with Crippen LogP contribution >= 0.6 is 0 Å². The molecular formula is C22H36N2O6. The molecule has 0 saturated heterocycles. The molecule has 0 aliphatic rings. The van der Waals surface area contributed by atoms with Crippen LogP contribution in [0, 0.1) is 10.8 Å². The van der Waals surface area contributed by atoms with Crippen LogP contribution in [0.5, 0.6) is 0 Å². The quantitative estimate of drug-likeness (QED) is 0.390. The molecule has 8 heteroatoms. The highest BCUT2D eigenvalue weighted by atomic mass is 16.5. The van der Waals surface area contributed by atoms with Crippen molar-refractivity contribution >= 4 is 0 Å². The summed E-state index contributed by atoms with van der Waals surface area (Å²) in [6.07, 6.45) is 4.22. The number of hydrogen-bond acceptors (Lipinski definition) is 6. The Labute approximate surface area is 176 Å². The first kappa shape index (κ1) is 24.2. The Kier molecular flexibility index (Phi) is 8.32. The minimum atomic E-state index is -0.473. The van der Waals surface area contributed by atoms with Gasteiger partial charge in [-0.05, 0) is 49.4 Å². The van der Waals surface area contributed by atoms with Crippen LogP contribution in [-0.4, -0.2) is 32.7 Å². The van der Waals surface area contributed by atoms with Crippen LogP contribution in [0.15, 0.2) is 30.8 Å². The van der Waals surface area contributed by atoms with Crippen LogP contribution in [0.1, 0.15) is 77.7 Å². The van der Waals surface area contributed by atoms with Gasteiger partial charge in [-0.15, -0.1) is 0 Å². The maximum Gasteiger partial charge on any atom is 0.280 e. The van der Waals surface area contributed by atoms with Crippen molar-refractivity contribution in [2.45, 2.75) is 91.3 Å². The molecule has 0 fully saturated rings. The van der Waals surface area contributed by atoms with Crippen LogP contribution in [0.2, 0.25) is 0 Å². The molecule has 0 radical (unpaired) electrons. The fourth-order valence-corrected chi connectivity index (χ4v) is 3.72. The van der Waals surface area contributed by atoms with Crippen molar-refractivity contribution in [1.82, 2.24) is 10.3 Å². The molecule has 0 bridgehead atoms. The lowest BCUT2D eigenvalue weighted by atomic mass is 9.81. The minimum absolute atomic E-state index is 0.102. The number of aliphatic hydroxyl groups excluding tert-OH is 2. The molecule has 2 unspecified atom stereocenters. The molecule has 2 aromatic rings. The summed E-state index contributed by atoms with van der Waals surface area (Å²) in [6, 6.07) is 2.92. The smallest absolute Gasteiger partial charge is 0.280 e. The summed E-state index contributed by atoms with van der Waals surface area (Å²) < 4.78 is 10.2. The Morgan fingerprint density at radius 3 is 1.43 bits per heavy atom. The average Bonchev–Trinajstić information content (AvgIpc) is 3.23. The summed E-state index contributed by atoms with van der Waals surface area (Å²) in [4.78, 5) is 22.3. The van der Waals surface area contributed by atoms with Gasteiger partial charge in [0.1, 0.15) is 11.5 Å². The van der Waals surface area contributed by atoms with E-state index in [-0.39, 0.29) is 21.9 Å². The van der Waals surface area contributed by atoms with Crippen LogP contribution in [0.25, 0.3) is 0 Å². The lowest BCUT2D eigenvalue weighted by Gasteiger charge is -2.26. The normalized spacial score (nSPS) is 14.7. The van der Waals surface area contributed by atoms with Crippen molar-refractivity contribution in [2.75, 3.05) is 0 Å². The van der Waals surface area contributed by atoms with Crippen LogP contribution in [0.4, 0.5) is 0 Å². The monoisotopic (exact) mass is 424 g/mol. The van der Waals surface area contributed by atoms with Crippen molar-refractivity contribution in [3.8, 4) is 0 Å². The summed E-state index contributed by atoms with van der Waals surface area (Å²) in [5.74, 6) is 1.24. The highest BCUT2D eigenvalue weighted by Crippen LogP contribution is 2.30. The number of nitrogens with one attached hydrogen (secondary N) is 2. The van der Waals surface area contributed by atoms with E-state index in [1.165, 1.54) is 12.1 Å². The highest BCUT2D eigenvalue weighted by Gasteiger charge is 2.24. The first-order valence-corrected chi connectivity index (χ1v) is 10.7. The van der Waals surface area contributed by atoms with E-state index in [1.807, 2.05) is 0 Å². The van der Waals surface area contributed by atoms with Gasteiger partial charge in [-0.1, -0.05) is 27.7 Å². The lowest BCUT2D eigenvalue weighted by molar-refractivity contribution is 0.0869. The second kappa shape index (κ2) is 10.3. The van der Waals surface area contributed by atoms with Gasteiger partial charge in [-0.25, -0.2) is 0 Å². The molecular weight excluding hydrogens is 388 g/mol. The zero-order valence-electron chi connectivity index (χ0n) is 18.5. The molecule has 8 nitrogen and oxygen atoms in total. The van der Waals surface area contributed by atoms with Crippen LogP contribution < -0.4 is 11.1 Å². The van der Waals surface area contributed by atoms with E-state index in [0.717, 1.165) is 12.8 Å². The predicted molar refractivity (Wildman–Crippen MR) is 113 cm³/mol. The van der Waals surface area contributed by atoms with Gasteiger partial charge in [0, 0.05) is 25.0 Å². The summed E-state index contributed by atoms with van der Waals surface area (Å²) in [5.41, 5.74) is -0.685. The topological polar surface area (TPSA) is 132 Å². The minimum Gasteiger partial charge on any atom is -0.393 e. The third kappa shape index (κ3) is 8.75. The van der Waals surface area contributed by atoms with Crippen LogP contribution in [-0.2, 0) is 12.8 Å². The molecule has 0 aromatic carbocycles. The molecule has 0 spiro atoms. The molecule has 2 rings (SSSR count). The Hall–Kier alpha value is -2.06. The van der Waals surface area contributed by atoms with Crippen molar-refractivity contribution in [1.29, 1.82) is 0 Å². The second-order valence-corrected chi connectivity index (χ2v) is 10.0. The largest absolute Gasteiger partial charge is 0.393 e. The first-order valence-electron chi connectivity index (χ1n) is 10.7. The number of aromatic amines is 2. The molecule has 170 valence electrons. The molecule has 4 N–H and O–H groups in total. The summed E-state index contributed by atoms with van der Waals surface area (Å²) in [6.45, 7) is 8.32. The average molecular weight is 425 g/mol. The van der Waals surface area contributed by atoms with E-state index in [4.69, 9.17) is 9.05 Å². The van der Waals surface area contributed by atoms with Gasteiger partial charge in [0.05, 0.1) is 12.2 Å². The lowest BCUT2D eigenvalue weighted by Crippen LogP contribution is -2.21. The third-order valence-corrected chi connectivity index (χ3v) is 5.60. The molecule has 0 aliphatic carbocycles. The van der Waals surface area contributed by atoms with Gasteiger partial charge >= 0.3 is 0 Å². The molecule has 2 atom stereocenters. The summed E-state index contributed by atoms with van der Waals surface area (Å²) in [5, 5.41) is 25.2.